The molecule has 134 valence electrons. The van der Waals surface area contributed by atoms with Crippen LogP contribution in [0.2, 0.25) is 0 Å². The van der Waals surface area contributed by atoms with Crippen molar-refractivity contribution >= 4 is 33.6 Å². The number of halogens is 4. The van der Waals surface area contributed by atoms with Gasteiger partial charge in [-0.25, -0.2) is 27.2 Å². The molecule has 0 aliphatic carbocycles. The first kappa shape index (κ1) is 16.2. The average molecular weight is 363 g/mol. The molecule has 2 heterocycles. The summed E-state index contributed by atoms with van der Waals surface area (Å²) in [4.78, 5) is 7.00. The number of nitrogen functional groups attached to an aromatic ring is 1. The number of anilines is 2. The summed E-state index contributed by atoms with van der Waals surface area (Å²) in [6.45, 7) is 0.788. The third-order valence-corrected chi connectivity index (χ3v) is 4.18. The summed E-state index contributed by atoms with van der Waals surface area (Å²) >= 11 is 0. The number of nitrogens with one attached hydrogen (secondary N) is 2. The SMILES string of the molecule is CC(F)(F)c1ccc2c(c1)nc(Nc1c[nH]c3ccc(F)c(F)c13)n2N. The second-order valence-electron chi connectivity index (χ2n) is 6.01. The third kappa shape index (κ3) is 2.43. The second kappa shape index (κ2) is 5.38. The van der Waals surface area contributed by atoms with Crippen LogP contribution in [0.15, 0.2) is 36.5 Å². The smallest absolute Gasteiger partial charge is 0.270 e. The number of hydrogen-bond donors (Lipinski definition) is 3. The molecule has 4 rings (SSSR count). The minimum atomic E-state index is -3.02. The van der Waals surface area contributed by atoms with E-state index < -0.39 is 17.6 Å². The summed E-state index contributed by atoms with van der Waals surface area (Å²) in [6, 6.07) is 6.34. The van der Waals surface area contributed by atoms with Gasteiger partial charge in [0.1, 0.15) is 0 Å². The lowest BCUT2D eigenvalue weighted by molar-refractivity contribution is 0.0176. The molecule has 0 atom stereocenters. The fraction of sp³-hybridized carbons (Fsp3) is 0.118. The lowest BCUT2D eigenvalue weighted by Crippen LogP contribution is -2.12. The van der Waals surface area contributed by atoms with Gasteiger partial charge in [0, 0.05) is 18.7 Å². The van der Waals surface area contributed by atoms with Crippen molar-refractivity contribution in [2.75, 3.05) is 11.2 Å². The summed E-state index contributed by atoms with van der Waals surface area (Å²) in [6.07, 6.45) is 1.44. The van der Waals surface area contributed by atoms with Crippen LogP contribution < -0.4 is 11.2 Å². The normalized spacial score (nSPS) is 12.2. The highest BCUT2D eigenvalue weighted by Crippen LogP contribution is 2.32. The highest BCUT2D eigenvalue weighted by molar-refractivity contribution is 5.95. The number of nitrogens with zero attached hydrogens (tertiary/aromatic N) is 2. The summed E-state index contributed by atoms with van der Waals surface area (Å²) < 4.78 is 55.8. The van der Waals surface area contributed by atoms with Crippen molar-refractivity contribution in [1.82, 2.24) is 14.6 Å². The number of alkyl halides is 2. The maximum atomic E-state index is 14.1. The molecule has 2 aromatic carbocycles. The molecule has 4 N–H and O–H groups in total. The van der Waals surface area contributed by atoms with Crippen LogP contribution in [-0.2, 0) is 5.92 Å². The van der Waals surface area contributed by atoms with Gasteiger partial charge in [-0.05, 0) is 24.3 Å². The molecule has 0 amide bonds. The topological polar surface area (TPSA) is 71.7 Å². The molecular weight excluding hydrogens is 350 g/mol. The number of aromatic nitrogens is 3. The first-order chi connectivity index (χ1) is 12.3. The molecule has 0 unspecified atom stereocenters. The van der Waals surface area contributed by atoms with Crippen molar-refractivity contribution in [3.8, 4) is 0 Å². The zero-order valence-electron chi connectivity index (χ0n) is 13.4. The largest absolute Gasteiger partial charge is 0.359 e. The van der Waals surface area contributed by atoms with Gasteiger partial charge in [-0.1, -0.05) is 6.07 Å². The maximum absolute atomic E-state index is 14.1. The Bertz CT molecular complexity index is 1140. The first-order valence-corrected chi connectivity index (χ1v) is 7.63. The average Bonchev–Trinajstić information content (AvgIpc) is 3.12. The van der Waals surface area contributed by atoms with E-state index in [1.807, 2.05) is 0 Å². The molecule has 0 aliphatic heterocycles. The minimum Gasteiger partial charge on any atom is -0.359 e. The van der Waals surface area contributed by atoms with Crippen LogP contribution >= 0.6 is 0 Å². The Morgan fingerprint density at radius 3 is 2.69 bits per heavy atom. The van der Waals surface area contributed by atoms with Crippen LogP contribution in [0.3, 0.4) is 0 Å². The minimum absolute atomic E-state index is 0.0119. The molecule has 26 heavy (non-hydrogen) atoms. The summed E-state index contributed by atoms with van der Waals surface area (Å²) in [5.41, 5.74) is 1.07. The van der Waals surface area contributed by atoms with Crippen LogP contribution in [0.5, 0.6) is 0 Å². The Morgan fingerprint density at radius 2 is 1.96 bits per heavy atom. The van der Waals surface area contributed by atoms with Crippen molar-refractivity contribution in [3.63, 3.8) is 0 Å². The zero-order chi connectivity index (χ0) is 18.6. The lowest BCUT2D eigenvalue weighted by atomic mass is 10.1. The molecule has 0 spiro atoms. The third-order valence-electron chi connectivity index (χ3n) is 4.18. The maximum Gasteiger partial charge on any atom is 0.270 e. The van der Waals surface area contributed by atoms with E-state index in [1.165, 1.54) is 30.5 Å². The predicted octanol–water partition coefficient (Wildman–Crippen LogP) is 4.36. The molecule has 2 aromatic heterocycles. The van der Waals surface area contributed by atoms with Crippen molar-refractivity contribution in [3.05, 3.63) is 53.7 Å². The van der Waals surface area contributed by atoms with E-state index in [2.05, 4.69) is 15.3 Å². The highest BCUT2D eigenvalue weighted by Gasteiger charge is 2.25. The Kier molecular flexibility index (Phi) is 3.36. The Balaban J connectivity index is 1.81. The molecule has 0 saturated carbocycles. The zero-order valence-corrected chi connectivity index (χ0v) is 13.4. The number of fused-ring (bicyclic) bond motifs is 2. The van der Waals surface area contributed by atoms with Crippen molar-refractivity contribution in [2.24, 2.45) is 0 Å². The van der Waals surface area contributed by atoms with E-state index in [0.29, 0.717) is 11.0 Å². The fourth-order valence-electron chi connectivity index (χ4n) is 2.84. The lowest BCUT2D eigenvalue weighted by Gasteiger charge is -2.09. The number of aromatic amines is 1. The number of hydrogen-bond acceptors (Lipinski definition) is 3. The van der Waals surface area contributed by atoms with Gasteiger partial charge in [0.25, 0.3) is 5.92 Å². The van der Waals surface area contributed by atoms with Crippen LogP contribution in [0.1, 0.15) is 12.5 Å². The number of imidazole rings is 1. The molecule has 5 nitrogen and oxygen atoms in total. The summed E-state index contributed by atoms with van der Waals surface area (Å²) in [5.74, 6) is 1.03. The number of rotatable bonds is 3. The summed E-state index contributed by atoms with van der Waals surface area (Å²) in [7, 11) is 0. The van der Waals surface area contributed by atoms with Crippen molar-refractivity contribution in [2.45, 2.75) is 12.8 Å². The van der Waals surface area contributed by atoms with Gasteiger partial charge < -0.3 is 16.1 Å². The molecule has 0 bridgehead atoms. The molecular formula is C17H13F4N5. The van der Waals surface area contributed by atoms with E-state index in [-0.39, 0.29) is 28.1 Å². The molecule has 9 heteroatoms. The van der Waals surface area contributed by atoms with Gasteiger partial charge in [-0.2, -0.15) is 0 Å². The molecule has 0 fully saturated rings. The second-order valence-corrected chi connectivity index (χ2v) is 6.01. The molecule has 0 saturated heterocycles. The van der Waals surface area contributed by atoms with Gasteiger partial charge in [0.15, 0.2) is 11.6 Å². The molecule has 0 radical (unpaired) electrons. The standard InChI is InChI=1S/C17H13F4N5/c1-17(20,21)8-2-5-13-11(6-8)24-16(26(13)22)25-12-7-23-10-4-3-9(18)15(19)14(10)12/h2-7,23H,22H2,1H3,(H,24,25). The Labute approximate surface area is 144 Å². The monoisotopic (exact) mass is 363 g/mol. The highest BCUT2D eigenvalue weighted by atomic mass is 19.3. The molecule has 0 aliphatic rings. The van der Waals surface area contributed by atoms with Gasteiger partial charge in [0.05, 0.1) is 27.6 Å². The Morgan fingerprint density at radius 1 is 1.19 bits per heavy atom. The number of H-pyrrole nitrogens is 1. The quantitative estimate of drug-likeness (QED) is 0.374. The molecule has 4 aromatic rings. The van der Waals surface area contributed by atoms with E-state index >= 15 is 0 Å². The van der Waals surface area contributed by atoms with Crippen LogP contribution in [0, 0.1) is 11.6 Å². The van der Waals surface area contributed by atoms with E-state index in [0.717, 1.165) is 17.7 Å². The van der Waals surface area contributed by atoms with Gasteiger partial charge in [-0.15, -0.1) is 0 Å². The van der Waals surface area contributed by atoms with Gasteiger partial charge in [-0.3, -0.25) is 0 Å². The van der Waals surface area contributed by atoms with Gasteiger partial charge >= 0.3 is 0 Å². The van der Waals surface area contributed by atoms with Crippen LogP contribution in [-0.4, -0.2) is 14.6 Å². The van der Waals surface area contributed by atoms with E-state index in [1.54, 1.807) is 0 Å². The van der Waals surface area contributed by atoms with Crippen LogP contribution in [0.25, 0.3) is 21.9 Å². The first-order valence-electron chi connectivity index (χ1n) is 7.63. The predicted molar refractivity (Wildman–Crippen MR) is 90.9 cm³/mol. The fourth-order valence-corrected chi connectivity index (χ4v) is 2.84. The van der Waals surface area contributed by atoms with Crippen LogP contribution in [0.4, 0.5) is 29.2 Å². The van der Waals surface area contributed by atoms with E-state index in [4.69, 9.17) is 5.84 Å². The van der Waals surface area contributed by atoms with E-state index in [9.17, 15) is 17.6 Å². The Hall–Kier alpha value is -3.23. The van der Waals surface area contributed by atoms with Crippen molar-refractivity contribution in [1.29, 1.82) is 0 Å². The summed E-state index contributed by atoms with van der Waals surface area (Å²) in [5, 5.41) is 2.82. The number of benzene rings is 2. The number of nitrogens with two attached hydrogens (primary N) is 1. The van der Waals surface area contributed by atoms with Gasteiger partial charge in [0.2, 0.25) is 5.95 Å². The van der Waals surface area contributed by atoms with Crippen molar-refractivity contribution < 1.29 is 17.6 Å².